The molecule has 9 heteroatoms. The number of carbonyl (C=O) groups excluding carboxylic acids is 2. The normalized spacial score (nSPS) is 10.5. The monoisotopic (exact) mass is 339 g/mol. The van der Waals surface area contributed by atoms with E-state index in [1.165, 1.54) is 0 Å². The molecular weight excluding hydrogens is 325 g/mol. The van der Waals surface area contributed by atoms with E-state index in [2.05, 4.69) is 10.1 Å². The van der Waals surface area contributed by atoms with Gasteiger partial charge in [-0.15, -0.1) is 0 Å². The van der Waals surface area contributed by atoms with E-state index in [-0.39, 0.29) is 18.7 Å². The van der Waals surface area contributed by atoms with E-state index in [0.29, 0.717) is 6.54 Å². The quantitative estimate of drug-likeness (QED) is 0.273. The Morgan fingerprint density at radius 1 is 0.913 bits per heavy atom. The fourth-order valence-corrected chi connectivity index (χ4v) is 1.59. The number of halogens is 5. The van der Waals surface area contributed by atoms with E-state index >= 15 is 0 Å². The Labute approximate surface area is 128 Å². The Morgan fingerprint density at radius 2 is 1.43 bits per heavy atom. The van der Waals surface area contributed by atoms with Gasteiger partial charge in [0.25, 0.3) is 0 Å². The summed E-state index contributed by atoms with van der Waals surface area (Å²) in [6, 6.07) is 0. The fraction of sp³-hybridized carbons (Fsp3) is 0.429. The lowest BCUT2D eigenvalue weighted by molar-refractivity contribution is -0.135. The van der Waals surface area contributed by atoms with Gasteiger partial charge in [0.15, 0.2) is 0 Å². The fourth-order valence-electron chi connectivity index (χ4n) is 1.59. The Morgan fingerprint density at radius 3 is 1.96 bits per heavy atom. The first-order chi connectivity index (χ1) is 10.8. The molecule has 128 valence electrons. The van der Waals surface area contributed by atoms with Crippen LogP contribution in [-0.4, -0.2) is 18.4 Å². The Kier molecular flexibility index (Phi) is 6.92. The summed E-state index contributed by atoms with van der Waals surface area (Å²) in [6.07, 6.45) is 0.281. The molecular formula is C14H14F5NO3. The number of benzene rings is 1. The van der Waals surface area contributed by atoms with Gasteiger partial charge in [0.1, 0.15) is 0 Å². The average molecular weight is 339 g/mol. The maximum absolute atomic E-state index is 13.3. The minimum absolute atomic E-state index is 0.00375. The van der Waals surface area contributed by atoms with Crippen LogP contribution in [0.3, 0.4) is 0 Å². The van der Waals surface area contributed by atoms with Crippen molar-refractivity contribution in [1.29, 1.82) is 0 Å². The predicted molar refractivity (Wildman–Crippen MR) is 69.0 cm³/mol. The lowest BCUT2D eigenvalue weighted by Crippen LogP contribution is -2.24. The Balaban J connectivity index is 2.64. The van der Waals surface area contributed by atoms with Crippen LogP contribution in [0.15, 0.2) is 0 Å². The van der Waals surface area contributed by atoms with Crippen LogP contribution in [0, 0.1) is 29.1 Å². The summed E-state index contributed by atoms with van der Waals surface area (Å²) in [6.45, 7) is 2.32. The van der Waals surface area contributed by atoms with Crippen molar-refractivity contribution in [2.45, 2.75) is 32.6 Å². The molecule has 0 unspecified atom stereocenters. The zero-order valence-electron chi connectivity index (χ0n) is 12.2. The molecule has 0 fully saturated rings. The highest BCUT2D eigenvalue weighted by Crippen LogP contribution is 2.29. The minimum Gasteiger partial charge on any atom is -0.420 e. The number of carbonyl (C=O) groups is 2. The average Bonchev–Trinajstić information content (AvgIpc) is 2.53. The summed E-state index contributed by atoms with van der Waals surface area (Å²) in [7, 11) is 0. The molecule has 0 bridgehead atoms. The van der Waals surface area contributed by atoms with Crippen molar-refractivity contribution in [1.82, 2.24) is 5.32 Å². The first-order valence-corrected chi connectivity index (χ1v) is 6.78. The van der Waals surface area contributed by atoms with Crippen molar-refractivity contribution in [2.24, 2.45) is 0 Å². The van der Waals surface area contributed by atoms with Gasteiger partial charge in [-0.3, -0.25) is 9.59 Å². The molecule has 0 aliphatic carbocycles. The second-order valence-electron chi connectivity index (χ2n) is 4.58. The smallest absolute Gasteiger partial charge is 0.311 e. The predicted octanol–water partition coefficient (Wildman–Crippen LogP) is 2.98. The summed E-state index contributed by atoms with van der Waals surface area (Å²) < 4.78 is 69.4. The molecule has 0 aromatic heterocycles. The van der Waals surface area contributed by atoms with Gasteiger partial charge in [-0.05, 0) is 12.8 Å². The van der Waals surface area contributed by atoms with Gasteiger partial charge in [0, 0.05) is 19.4 Å². The van der Waals surface area contributed by atoms with E-state index in [1.54, 1.807) is 0 Å². The van der Waals surface area contributed by atoms with Crippen LogP contribution in [0.25, 0.3) is 0 Å². The highest BCUT2D eigenvalue weighted by molar-refractivity contribution is 5.77. The zero-order chi connectivity index (χ0) is 17.6. The summed E-state index contributed by atoms with van der Waals surface area (Å²) in [4.78, 5) is 22.6. The van der Waals surface area contributed by atoms with Crippen LogP contribution in [0.5, 0.6) is 5.75 Å². The summed E-state index contributed by atoms with van der Waals surface area (Å²) in [5, 5.41) is 2.54. The summed E-state index contributed by atoms with van der Waals surface area (Å²) in [5.41, 5.74) is 0. The highest BCUT2D eigenvalue weighted by Gasteiger charge is 2.28. The molecule has 1 amide bonds. The molecule has 1 aromatic carbocycles. The second-order valence-corrected chi connectivity index (χ2v) is 4.58. The number of hydrogen-bond donors (Lipinski definition) is 1. The maximum Gasteiger partial charge on any atom is 0.311 e. The van der Waals surface area contributed by atoms with Crippen LogP contribution in [0.1, 0.15) is 32.6 Å². The maximum atomic E-state index is 13.3. The Hall–Kier alpha value is -2.19. The number of amides is 1. The van der Waals surface area contributed by atoms with E-state index < -0.39 is 47.2 Å². The second kappa shape index (κ2) is 8.44. The third-order valence-electron chi connectivity index (χ3n) is 2.74. The highest BCUT2D eigenvalue weighted by atomic mass is 19.2. The topological polar surface area (TPSA) is 55.4 Å². The minimum atomic E-state index is -2.34. The van der Waals surface area contributed by atoms with Crippen molar-refractivity contribution < 1.29 is 36.3 Å². The van der Waals surface area contributed by atoms with Gasteiger partial charge in [0.05, 0.1) is 0 Å². The lowest BCUT2D eigenvalue weighted by atomic mass is 10.2. The van der Waals surface area contributed by atoms with Crippen LogP contribution in [0.4, 0.5) is 22.0 Å². The van der Waals surface area contributed by atoms with Crippen molar-refractivity contribution >= 4 is 11.9 Å². The first kappa shape index (κ1) is 18.9. The number of rotatable bonds is 7. The molecule has 0 saturated carbocycles. The molecule has 0 saturated heterocycles. The number of hydrogen-bond acceptors (Lipinski definition) is 3. The molecule has 1 rings (SSSR count). The van der Waals surface area contributed by atoms with Crippen molar-refractivity contribution in [3.05, 3.63) is 29.1 Å². The SMILES string of the molecule is CCCNC(=O)CCCC(=O)Oc1c(F)c(F)c(F)c(F)c1F. The van der Waals surface area contributed by atoms with Crippen LogP contribution in [-0.2, 0) is 9.59 Å². The molecule has 1 N–H and O–H groups in total. The Bertz CT molecular complexity index is 578. The molecule has 0 spiro atoms. The van der Waals surface area contributed by atoms with Gasteiger partial charge in [-0.25, -0.2) is 13.2 Å². The van der Waals surface area contributed by atoms with Gasteiger partial charge in [-0.1, -0.05) is 6.92 Å². The van der Waals surface area contributed by atoms with Crippen LogP contribution < -0.4 is 10.1 Å². The first-order valence-electron chi connectivity index (χ1n) is 6.78. The van der Waals surface area contributed by atoms with Gasteiger partial charge < -0.3 is 10.1 Å². The molecule has 0 radical (unpaired) electrons. The molecule has 0 aliphatic rings. The molecule has 23 heavy (non-hydrogen) atoms. The molecule has 4 nitrogen and oxygen atoms in total. The summed E-state index contributed by atoms with van der Waals surface area (Å²) >= 11 is 0. The number of ether oxygens (including phenoxy) is 1. The number of esters is 1. The number of nitrogens with one attached hydrogen (secondary N) is 1. The summed E-state index contributed by atoms with van der Waals surface area (Å²) in [5.74, 6) is -14.4. The third-order valence-corrected chi connectivity index (χ3v) is 2.74. The molecule has 0 aliphatic heterocycles. The van der Waals surface area contributed by atoms with Crippen molar-refractivity contribution in [3.8, 4) is 5.75 Å². The van der Waals surface area contributed by atoms with Gasteiger partial charge in [0.2, 0.25) is 40.7 Å². The van der Waals surface area contributed by atoms with E-state index in [1.807, 2.05) is 6.92 Å². The molecule has 1 aromatic rings. The van der Waals surface area contributed by atoms with E-state index in [4.69, 9.17) is 0 Å². The van der Waals surface area contributed by atoms with Crippen molar-refractivity contribution in [2.75, 3.05) is 6.54 Å². The lowest BCUT2D eigenvalue weighted by Gasteiger charge is -2.08. The zero-order valence-corrected chi connectivity index (χ0v) is 12.2. The largest absolute Gasteiger partial charge is 0.420 e. The van der Waals surface area contributed by atoms with Gasteiger partial charge >= 0.3 is 5.97 Å². The molecule has 0 atom stereocenters. The standard InChI is InChI=1S/C14H14F5NO3/c1-2-6-20-7(21)4-3-5-8(22)23-14-12(18)10(16)9(15)11(17)13(14)19/h2-6H2,1H3,(H,20,21). The third kappa shape index (κ3) is 4.90. The van der Waals surface area contributed by atoms with Gasteiger partial charge in [-0.2, -0.15) is 8.78 Å². The van der Waals surface area contributed by atoms with Crippen LogP contribution in [0.2, 0.25) is 0 Å². The van der Waals surface area contributed by atoms with Crippen LogP contribution >= 0.6 is 0 Å². The molecule has 0 heterocycles. The van der Waals surface area contributed by atoms with E-state index in [0.717, 1.165) is 6.42 Å². The van der Waals surface area contributed by atoms with E-state index in [9.17, 15) is 31.5 Å². The van der Waals surface area contributed by atoms with Crippen molar-refractivity contribution in [3.63, 3.8) is 0 Å².